The Hall–Kier alpha value is -3.01. The zero-order valence-electron chi connectivity index (χ0n) is 18.2. The summed E-state index contributed by atoms with van der Waals surface area (Å²) in [6, 6.07) is 7.25. The van der Waals surface area contributed by atoms with Gasteiger partial charge in [-0.2, -0.15) is 5.26 Å². The molecule has 1 N–H and O–H groups in total. The predicted octanol–water partition coefficient (Wildman–Crippen LogP) is 3.30. The number of hydrogen-bond acceptors (Lipinski definition) is 5. The van der Waals surface area contributed by atoms with Crippen molar-refractivity contribution in [3.05, 3.63) is 29.3 Å². The van der Waals surface area contributed by atoms with Crippen molar-refractivity contribution in [2.24, 2.45) is 0 Å². The van der Waals surface area contributed by atoms with Gasteiger partial charge in [0.2, 0.25) is 0 Å². The Labute approximate surface area is 178 Å². The van der Waals surface area contributed by atoms with Gasteiger partial charge in [-0.25, -0.2) is 0 Å². The zero-order valence-corrected chi connectivity index (χ0v) is 18.2. The van der Waals surface area contributed by atoms with Crippen molar-refractivity contribution in [2.75, 3.05) is 20.7 Å². The second-order valence-corrected chi connectivity index (χ2v) is 7.61. The van der Waals surface area contributed by atoms with Crippen LogP contribution in [0, 0.1) is 11.3 Å². The van der Waals surface area contributed by atoms with Crippen LogP contribution in [0.3, 0.4) is 0 Å². The number of nitrogens with one attached hydrogen (secondary N) is 1. The average molecular weight is 414 g/mol. The first-order chi connectivity index (χ1) is 14.3. The molecule has 1 fully saturated rings. The van der Waals surface area contributed by atoms with Crippen LogP contribution in [0.4, 0.5) is 0 Å². The Morgan fingerprint density at radius 1 is 1.27 bits per heavy atom. The molecule has 1 atom stereocenters. The standard InChI is InChI=1S/C23H31N3O4/c1-5-29-21-14-17(11-12-20(21)30-16(2)23(28)26(3)4)13-18(15-24)22(27)25-19-9-7-6-8-10-19/h11-14,16,19H,5-10H2,1-4H3,(H,25,27)/b18-13+/t16-/m1/s1. The van der Waals surface area contributed by atoms with Gasteiger partial charge in [-0.05, 0) is 50.5 Å². The molecule has 30 heavy (non-hydrogen) atoms. The molecule has 0 aliphatic heterocycles. The van der Waals surface area contributed by atoms with E-state index >= 15 is 0 Å². The minimum atomic E-state index is -0.670. The molecule has 7 nitrogen and oxygen atoms in total. The SMILES string of the molecule is CCOc1cc(/C=C(\C#N)C(=O)NC2CCCCC2)ccc1O[C@H](C)C(=O)N(C)C. The number of nitriles is 1. The van der Waals surface area contributed by atoms with Crippen LogP contribution >= 0.6 is 0 Å². The molecule has 1 aromatic carbocycles. The number of nitrogens with zero attached hydrogens (tertiary/aromatic N) is 2. The van der Waals surface area contributed by atoms with Gasteiger partial charge in [0, 0.05) is 20.1 Å². The summed E-state index contributed by atoms with van der Waals surface area (Å²) in [5.74, 6) is 0.372. The molecule has 2 amide bonds. The maximum atomic E-state index is 12.5. The first-order valence-corrected chi connectivity index (χ1v) is 10.4. The highest BCUT2D eigenvalue weighted by Crippen LogP contribution is 2.30. The Kier molecular flexibility index (Phi) is 8.72. The van der Waals surface area contributed by atoms with Gasteiger partial charge in [0.05, 0.1) is 6.61 Å². The summed E-state index contributed by atoms with van der Waals surface area (Å²) >= 11 is 0. The third-order valence-corrected chi connectivity index (χ3v) is 4.98. The second kappa shape index (κ2) is 11.2. The molecule has 162 valence electrons. The number of rotatable bonds is 8. The van der Waals surface area contributed by atoms with Gasteiger partial charge in [-0.15, -0.1) is 0 Å². The van der Waals surface area contributed by atoms with Gasteiger partial charge in [-0.3, -0.25) is 9.59 Å². The zero-order chi connectivity index (χ0) is 22.1. The summed E-state index contributed by atoms with van der Waals surface area (Å²) in [6.07, 6.45) is 6.18. The number of carbonyl (C=O) groups excluding carboxylic acids is 2. The molecule has 0 radical (unpaired) electrons. The molecule has 2 rings (SSSR count). The van der Waals surface area contributed by atoms with Crippen molar-refractivity contribution in [3.8, 4) is 17.6 Å². The summed E-state index contributed by atoms with van der Waals surface area (Å²) in [5.41, 5.74) is 0.695. The maximum absolute atomic E-state index is 12.5. The van der Waals surface area contributed by atoms with Gasteiger partial charge in [0.15, 0.2) is 17.6 Å². The molecular weight excluding hydrogens is 382 g/mol. The van der Waals surface area contributed by atoms with E-state index in [4.69, 9.17) is 9.47 Å². The van der Waals surface area contributed by atoms with Gasteiger partial charge < -0.3 is 19.7 Å². The number of likely N-dealkylation sites (N-methyl/N-ethyl adjacent to an activating group) is 1. The van der Waals surface area contributed by atoms with Gasteiger partial charge in [0.25, 0.3) is 11.8 Å². The third kappa shape index (κ3) is 6.51. The van der Waals surface area contributed by atoms with Crippen molar-refractivity contribution in [2.45, 2.75) is 58.1 Å². The van der Waals surface area contributed by atoms with Crippen LogP contribution in [0.15, 0.2) is 23.8 Å². The molecule has 1 aromatic rings. The van der Waals surface area contributed by atoms with E-state index < -0.39 is 6.10 Å². The van der Waals surface area contributed by atoms with Crippen LogP contribution in [0.2, 0.25) is 0 Å². The van der Waals surface area contributed by atoms with Gasteiger partial charge in [-0.1, -0.05) is 25.3 Å². The maximum Gasteiger partial charge on any atom is 0.262 e. The van der Waals surface area contributed by atoms with E-state index in [0.29, 0.717) is 23.7 Å². The fourth-order valence-corrected chi connectivity index (χ4v) is 3.41. The average Bonchev–Trinajstić information content (AvgIpc) is 2.73. The Balaban J connectivity index is 2.19. The lowest BCUT2D eigenvalue weighted by Crippen LogP contribution is -2.36. The number of amides is 2. The summed E-state index contributed by atoms with van der Waals surface area (Å²) in [6.45, 7) is 3.93. The van der Waals surface area contributed by atoms with Crippen molar-refractivity contribution in [1.29, 1.82) is 5.26 Å². The number of carbonyl (C=O) groups is 2. The molecule has 7 heteroatoms. The Bertz CT molecular complexity index is 820. The lowest BCUT2D eigenvalue weighted by atomic mass is 9.95. The van der Waals surface area contributed by atoms with Gasteiger partial charge in [0.1, 0.15) is 11.6 Å². The van der Waals surface area contributed by atoms with E-state index in [9.17, 15) is 14.9 Å². The fraction of sp³-hybridized carbons (Fsp3) is 0.522. The lowest BCUT2D eigenvalue weighted by molar-refractivity contribution is -0.135. The van der Waals surface area contributed by atoms with Crippen LogP contribution in [0.1, 0.15) is 51.5 Å². The summed E-state index contributed by atoms with van der Waals surface area (Å²) in [7, 11) is 3.34. The number of ether oxygens (including phenoxy) is 2. The van der Waals surface area contributed by atoms with Crippen molar-refractivity contribution in [3.63, 3.8) is 0 Å². The van der Waals surface area contributed by atoms with E-state index in [-0.39, 0.29) is 23.4 Å². The molecule has 0 aromatic heterocycles. The van der Waals surface area contributed by atoms with Crippen molar-refractivity contribution in [1.82, 2.24) is 10.2 Å². The van der Waals surface area contributed by atoms with Crippen LogP contribution < -0.4 is 14.8 Å². The minimum Gasteiger partial charge on any atom is -0.490 e. The van der Waals surface area contributed by atoms with Gasteiger partial charge >= 0.3 is 0 Å². The first kappa shape index (κ1) is 23.3. The third-order valence-electron chi connectivity index (χ3n) is 4.98. The predicted molar refractivity (Wildman–Crippen MR) is 115 cm³/mol. The number of hydrogen-bond donors (Lipinski definition) is 1. The van der Waals surface area contributed by atoms with Crippen LogP contribution in [0.25, 0.3) is 6.08 Å². The van der Waals surface area contributed by atoms with E-state index in [1.54, 1.807) is 45.3 Å². The lowest BCUT2D eigenvalue weighted by Gasteiger charge is -2.22. The monoisotopic (exact) mass is 413 g/mol. The molecule has 0 unspecified atom stereocenters. The van der Waals surface area contributed by atoms with Crippen LogP contribution in [-0.4, -0.2) is 49.6 Å². The van der Waals surface area contributed by atoms with Crippen molar-refractivity contribution >= 4 is 17.9 Å². The van der Waals surface area contributed by atoms with E-state index in [1.807, 2.05) is 13.0 Å². The molecule has 0 heterocycles. The molecular formula is C23H31N3O4. The first-order valence-electron chi connectivity index (χ1n) is 10.4. The van der Waals surface area contributed by atoms with E-state index in [0.717, 1.165) is 25.7 Å². The highest BCUT2D eigenvalue weighted by atomic mass is 16.5. The fourth-order valence-electron chi connectivity index (χ4n) is 3.41. The highest BCUT2D eigenvalue weighted by Gasteiger charge is 2.20. The Morgan fingerprint density at radius 2 is 1.97 bits per heavy atom. The second-order valence-electron chi connectivity index (χ2n) is 7.61. The van der Waals surface area contributed by atoms with E-state index in [2.05, 4.69) is 5.32 Å². The molecule has 1 saturated carbocycles. The van der Waals surface area contributed by atoms with Crippen LogP contribution in [0.5, 0.6) is 11.5 Å². The highest BCUT2D eigenvalue weighted by molar-refractivity contribution is 6.01. The molecule has 1 aliphatic rings. The normalized spacial score (nSPS) is 15.6. The minimum absolute atomic E-state index is 0.0489. The Morgan fingerprint density at radius 3 is 2.57 bits per heavy atom. The van der Waals surface area contributed by atoms with Crippen molar-refractivity contribution < 1.29 is 19.1 Å². The molecule has 0 bridgehead atoms. The number of benzene rings is 1. The summed E-state index contributed by atoms with van der Waals surface area (Å²) in [4.78, 5) is 26.0. The molecule has 1 aliphatic carbocycles. The van der Waals surface area contributed by atoms with Crippen LogP contribution in [-0.2, 0) is 9.59 Å². The summed E-state index contributed by atoms with van der Waals surface area (Å²) in [5, 5.41) is 12.4. The smallest absolute Gasteiger partial charge is 0.262 e. The van der Waals surface area contributed by atoms with E-state index in [1.165, 1.54) is 11.3 Å². The largest absolute Gasteiger partial charge is 0.490 e. The molecule has 0 spiro atoms. The quantitative estimate of drug-likeness (QED) is 0.522. The molecule has 0 saturated heterocycles. The summed E-state index contributed by atoms with van der Waals surface area (Å²) < 4.78 is 11.4. The topological polar surface area (TPSA) is 91.7 Å².